The Morgan fingerprint density at radius 2 is 1.89 bits per heavy atom. The maximum atomic E-state index is 13.1. The van der Waals surface area contributed by atoms with Crippen LogP contribution >= 0.6 is 0 Å². The number of fused-ring (bicyclic) bond motifs is 3. The molecular formula is C20H19NO7. The van der Waals surface area contributed by atoms with Gasteiger partial charge in [-0.25, -0.2) is 0 Å². The molecule has 0 radical (unpaired) electrons. The molecule has 0 bridgehead atoms. The molecule has 8 nitrogen and oxygen atoms in total. The molecule has 6 N–H and O–H groups in total. The topological polar surface area (TPSA) is 158 Å². The molecule has 1 aromatic rings. The molecule has 0 aliphatic heterocycles. The lowest BCUT2D eigenvalue weighted by molar-refractivity contribution is -0.145. The number of hydrogen-bond donors (Lipinski definition) is 5. The Labute approximate surface area is 159 Å². The van der Waals surface area contributed by atoms with Gasteiger partial charge in [-0.15, -0.1) is 0 Å². The molecule has 0 fully saturated rings. The van der Waals surface area contributed by atoms with E-state index < -0.39 is 51.5 Å². The smallest absolute Gasteiger partial charge is 0.255 e. The van der Waals surface area contributed by atoms with Gasteiger partial charge in [0.1, 0.15) is 22.8 Å². The first-order valence-corrected chi connectivity index (χ1v) is 8.81. The molecule has 1 aromatic carbocycles. The molecule has 0 saturated carbocycles. The van der Waals surface area contributed by atoms with Gasteiger partial charge in [0.25, 0.3) is 5.91 Å². The van der Waals surface area contributed by atoms with Crippen molar-refractivity contribution in [2.24, 2.45) is 17.1 Å². The van der Waals surface area contributed by atoms with Crippen LogP contribution in [-0.2, 0) is 16.0 Å². The van der Waals surface area contributed by atoms with Crippen LogP contribution in [0.15, 0.2) is 40.9 Å². The summed E-state index contributed by atoms with van der Waals surface area (Å²) in [6.07, 6.45) is 0.149. The van der Waals surface area contributed by atoms with Gasteiger partial charge >= 0.3 is 0 Å². The van der Waals surface area contributed by atoms with Crippen molar-refractivity contribution >= 4 is 17.5 Å². The first kappa shape index (κ1) is 18.2. The number of rotatable bonds is 1. The van der Waals surface area contributed by atoms with E-state index in [1.165, 1.54) is 6.07 Å². The zero-order valence-corrected chi connectivity index (χ0v) is 15.0. The first-order valence-electron chi connectivity index (χ1n) is 8.81. The zero-order valence-electron chi connectivity index (χ0n) is 15.0. The largest absolute Gasteiger partial charge is 0.511 e. The predicted octanol–water partition coefficient (Wildman–Crippen LogP) is 0.971. The van der Waals surface area contributed by atoms with Crippen molar-refractivity contribution in [3.8, 4) is 5.75 Å². The van der Waals surface area contributed by atoms with E-state index >= 15 is 0 Å². The maximum Gasteiger partial charge on any atom is 0.255 e. The number of ketones is 2. The summed E-state index contributed by atoms with van der Waals surface area (Å²) in [7, 11) is 0. The fourth-order valence-corrected chi connectivity index (χ4v) is 4.97. The van der Waals surface area contributed by atoms with Gasteiger partial charge in [-0.3, -0.25) is 14.4 Å². The fraction of sp³-hybridized carbons (Fsp3) is 0.350. The Kier molecular flexibility index (Phi) is 3.55. The minimum absolute atomic E-state index is 0.0142. The molecule has 0 heterocycles. The summed E-state index contributed by atoms with van der Waals surface area (Å²) in [6.45, 7) is 1.72. The van der Waals surface area contributed by atoms with Gasteiger partial charge in [0.05, 0.1) is 5.56 Å². The summed E-state index contributed by atoms with van der Waals surface area (Å²) in [5.74, 6) is -5.71. The van der Waals surface area contributed by atoms with E-state index in [0.717, 1.165) is 0 Å². The summed E-state index contributed by atoms with van der Waals surface area (Å²) in [5, 5.41) is 42.3. The summed E-state index contributed by atoms with van der Waals surface area (Å²) >= 11 is 0. The lowest BCUT2D eigenvalue weighted by Gasteiger charge is -2.50. The normalized spacial score (nSPS) is 32.0. The molecule has 0 spiro atoms. The Hall–Kier alpha value is -3.13. The minimum Gasteiger partial charge on any atom is -0.511 e. The number of benzene rings is 1. The molecular weight excluding hydrogens is 366 g/mol. The van der Waals surface area contributed by atoms with E-state index in [0.29, 0.717) is 5.56 Å². The predicted molar refractivity (Wildman–Crippen MR) is 95.4 cm³/mol. The maximum absolute atomic E-state index is 13.1. The Balaban J connectivity index is 1.97. The van der Waals surface area contributed by atoms with E-state index in [4.69, 9.17) is 5.73 Å². The molecule has 3 aliphatic rings. The van der Waals surface area contributed by atoms with Gasteiger partial charge in [0.15, 0.2) is 11.4 Å². The Morgan fingerprint density at radius 3 is 2.54 bits per heavy atom. The molecule has 146 valence electrons. The quantitative estimate of drug-likeness (QED) is 0.451. The average molecular weight is 385 g/mol. The number of amides is 1. The van der Waals surface area contributed by atoms with Crippen LogP contribution < -0.4 is 5.73 Å². The Morgan fingerprint density at radius 1 is 1.21 bits per heavy atom. The van der Waals surface area contributed by atoms with Crippen molar-refractivity contribution in [2.45, 2.75) is 31.8 Å². The van der Waals surface area contributed by atoms with Crippen LogP contribution in [0.1, 0.15) is 35.7 Å². The molecule has 3 aliphatic carbocycles. The number of Topliss-reactive ketones (excluding diaryl/α,β-unsaturated/α-hetero) is 2. The third-order valence-corrected chi connectivity index (χ3v) is 6.20. The van der Waals surface area contributed by atoms with Crippen molar-refractivity contribution in [2.75, 3.05) is 0 Å². The molecule has 0 unspecified atom stereocenters. The number of carbonyl (C=O) groups excluding carboxylic acids is 3. The van der Waals surface area contributed by atoms with Crippen LogP contribution in [-0.4, -0.2) is 43.5 Å². The molecule has 3 atom stereocenters. The fourth-order valence-electron chi connectivity index (χ4n) is 4.97. The highest BCUT2D eigenvalue weighted by Gasteiger charge is 2.62. The van der Waals surface area contributed by atoms with Crippen LogP contribution in [0.5, 0.6) is 5.75 Å². The van der Waals surface area contributed by atoms with Crippen LogP contribution in [0.4, 0.5) is 0 Å². The third-order valence-electron chi connectivity index (χ3n) is 6.20. The van der Waals surface area contributed by atoms with Gasteiger partial charge in [-0.1, -0.05) is 19.1 Å². The summed E-state index contributed by atoms with van der Waals surface area (Å²) in [6, 6.07) is 4.65. The van der Waals surface area contributed by atoms with E-state index in [1.807, 2.05) is 0 Å². The van der Waals surface area contributed by atoms with Gasteiger partial charge in [0, 0.05) is 23.3 Å². The average Bonchev–Trinajstić information content (AvgIpc) is 2.57. The highest BCUT2D eigenvalue weighted by atomic mass is 16.3. The van der Waals surface area contributed by atoms with Crippen molar-refractivity contribution in [1.82, 2.24) is 0 Å². The molecule has 8 heteroatoms. The highest BCUT2D eigenvalue weighted by molar-refractivity contribution is 6.24. The number of phenolic OH excluding ortho intramolecular Hbond substituents is 1. The Bertz CT molecular complexity index is 1040. The lowest BCUT2D eigenvalue weighted by Crippen LogP contribution is -2.59. The molecule has 28 heavy (non-hydrogen) atoms. The number of aliphatic hydroxyl groups excluding tert-OH is 2. The number of nitrogens with two attached hydrogens (primary N) is 1. The monoisotopic (exact) mass is 385 g/mol. The SMILES string of the molecule is C[C@@]12Cc3cccc(O)c3C(=O)C1=C(O)[C@]1(O)C(=O)C(C(N)=O)=C(O)C[C@@H]1C2. The van der Waals surface area contributed by atoms with Crippen LogP contribution in [0.3, 0.4) is 0 Å². The van der Waals surface area contributed by atoms with Gasteiger partial charge in [-0.05, 0) is 24.5 Å². The van der Waals surface area contributed by atoms with Crippen molar-refractivity contribution in [1.29, 1.82) is 0 Å². The summed E-state index contributed by atoms with van der Waals surface area (Å²) in [5.41, 5.74) is 1.35. The van der Waals surface area contributed by atoms with E-state index in [-0.39, 0.29) is 36.1 Å². The second-order valence-corrected chi connectivity index (χ2v) is 7.99. The third kappa shape index (κ3) is 2.06. The minimum atomic E-state index is -2.54. The number of allylic oxidation sites excluding steroid dienone is 2. The number of primary amides is 1. The van der Waals surface area contributed by atoms with Gasteiger partial charge in [0.2, 0.25) is 5.78 Å². The van der Waals surface area contributed by atoms with Crippen LogP contribution in [0, 0.1) is 11.3 Å². The van der Waals surface area contributed by atoms with E-state index in [9.17, 15) is 34.8 Å². The number of carbonyl (C=O) groups is 3. The van der Waals surface area contributed by atoms with E-state index in [1.54, 1.807) is 19.1 Å². The van der Waals surface area contributed by atoms with Crippen molar-refractivity contribution in [3.05, 3.63) is 52.0 Å². The molecule has 0 saturated heterocycles. The number of hydrogen-bond acceptors (Lipinski definition) is 7. The van der Waals surface area contributed by atoms with Gasteiger partial charge in [-0.2, -0.15) is 0 Å². The van der Waals surface area contributed by atoms with Crippen molar-refractivity contribution < 1.29 is 34.8 Å². The van der Waals surface area contributed by atoms with E-state index in [2.05, 4.69) is 0 Å². The summed E-state index contributed by atoms with van der Waals surface area (Å²) < 4.78 is 0. The lowest BCUT2D eigenvalue weighted by atomic mass is 9.54. The number of phenols is 1. The summed E-state index contributed by atoms with van der Waals surface area (Å²) in [4.78, 5) is 37.5. The second kappa shape index (κ2) is 5.45. The first-order chi connectivity index (χ1) is 13.0. The second-order valence-electron chi connectivity index (χ2n) is 7.99. The molecule has 1 amide bonds. The number of aromatic hydroxyl groups is 1. The highest BCUT2D eigenvalue weighted by Crippen LogP contribution is 2.56. The van der Waals surface area contributed by atoms with Crippen molar-refractivity contribution in [3.63, 3.8) is 0 Å². The van der Waals surface area contributed by atoms with Crippen LogP contribution in [0.2, 0.25) is 0 Å². The standard InChI is InChI=1S/C20H19NO7/c1-19-6-8-3-2-4-10(22)12(8)15(24)14(19)17(26)20(28)9(7-19)5-11(23)13(16(20)25)18(21)27/h2-4,9,22-23,26,28H,5-7H2,1H3,(H2,21,27)/t9-,19+,20-/m1/s1. The molecule has 0 aromatic heterocycles. The number of aliphatic hydroxyl groups is 3. The van der Waals surface area contributed by atoms with Crippen LogP contribution in [0.25, 0.3) is 0 Å². The molecule has 4 rings (SSSR count). The zero-order chi connectivity index (χ0) is 20.6. The van der Waals surface area contributed by atoms with Gasteiger partial charge < -0.3 is 26.2 Å².